The summed E-state index contributed by atoms with van der Waals surface area (Å²) in [5.74, 6) is 0.683. The fourth-order valence-electron chi connectivity index (χ4n) is 2.26. The first-order valence-corrected chi connectivity index (χ1v) is 5.18. The summed E-state index contributed by atoms with van der Waals surface area (Å²) in [6.45, 7) is 2.13. The van der Waals surface area contributed by atoms with E-state index in [1.54, 1.807) is 0 Å². The molecule has 1 saturated carbocycles. The van der Waals surface area contributed by atoms with E-state index in [0.717, 1.165) is 25.7 Å². The molecule has 3 heteroatoms. The lowest BCUT2D eigenvalue weighted by atomic mass is 9.77. The smallest absolute Gasteiger partial charge is 0.253 e. The van der Waals surface area contributed by atoms with Crippen LogP contribution >= 0.6 is 0 Å². The van der Waals surface area contributed by atoms with Crippen LogP contribution in [0.1, 0.15) is 39.0 Å². The summed E-state index contributed by atoms with van der Waals surface area (Å²) >= 11 is 0. The van der Waals surface area contributed by atoms with E-state index in [9.17, 15) is 8.78 Å². The molecule has 0 amide bonds. The Bertz CT molecular complexity index is 150. The number of hydrogen-bond donors (Lipinski definition) is 1. The van der Waals surface area contributed by atoms with Crippen molar-refractivity contribution in [2.75, 3.05) is 0 Å². The molecule has 1 aliphatic rings. The molecule has 0 aliphatic heterocycles. The van der Waals surface area contributed by atoms with Gasteiger partial charge in [-0.3, -0.25) is 0 Å². The molecule has 0 heterocycles. The monoisotopic (exact) mass is 191 g/mol. The average molecular weight is 191 g/mol. The molecule has 2 N–H and O–H groups in total. The van der Waals surface area contributed by atoms with Gasteiger partial charge in [0.15, 0.2) is 0 Å². The highest BCUT2D eigenvalue weighted by Crippen LogP contribution is 2.33. The zero-order valence-corrected chi connectivity index (χ0v) is 8.18. The maximum atomic E-state index is 12.3. The van der Waals surface area contributed by atoms with Gasteiger partial charge in [0.25, 0.3) is 6.43 Å². The van der Waals surface area contributed by atoms with Gasteiger partial charge in [-0.15, -0.1) is 0 Å². The Morgan fingerprint density at radius 3 is 2.62 bits per heavy atom. The first-order chi connectivity index (χ1) is 6.15. The van der Waals surface area contributed by atoms with Gasteiger partial charge in [-0.2, -0.15) is 0 Å². The van der Waals surface area contributed by atoms with Crippen LogP contribution in [0.4, 0.5) is 8.78 Å². The molecule has 0 aromatic carbocycles. The quantitative estimate of drug-likeness (QED) is 0.729. The van der Waals surface area contributed by atoms with Crippen molar-refractivity contribution in [3.63, 3.8) is 0 Å². The van der Waals surface area contributed by atoms with Gasteiger partial charge in [0.05, 0.1) is 6.04 Å². The van der Waals surface area contributed by atoms with Crippen LogP contribution in [0.25, 0.3) is 0 Å². The molecule has 0 bridgehead atoms. The van der Waals surface area contributed by atoms with Gasteiger partial charge in [-0.05, 0) is 24.7 Å². The van der Waals surface area contributed by atoms with Crippen LogP contribution < -0.4 is 5.73 Å². The molecule has 1 fully saturated rings. The third-order valence-corrected chi connectivity index (χ3v) is 3.24. The minimum Gasteiger partial charge on any atom is -0.323 e. The molecule has 0 radical (unpaired) electrons. The van der Waals surface area contributed by atoms with Gasteiger partial charge in [0.2, 0.25) is 0 Å². The van der Waals surface area contributed by atoms with Crippen LogP contribution in [0.15, 0.2) is 0 Å². The maximum Gasteiger partial charge on any atom is 0.253 e. The molecule has 1 nitrogen and oxygen atoms in total. The summed E-state index contributed by atoms with van der Waals surface area (Å²) in [7, 11) is 0. The number of halogens is 2. The highest BCUT2D eigenvalue weighted by atomic mass is 19.3. The highest BCUT2D eigenvalue weighted by Gasteiger charge is 2.30. The third kappa shape index (κ3) is 2.90. The Kier molecular flexibility index (Phi) is 4.10. The summed E-state index contributed by atoms with van der Waals surface area (Å²) in [4.78, 5) is 0. The molecule has 1 aliphatic carbocycles. The van der Waals surface area contributed by atoms with Gasteiger partial charge < -0.3 is 5.73 Å². The first kappa shape index (κ1) is 10.9. The van der Waals surface area contributed by atoms with Crippen molar-refractivity contribution in [3.05, 3.63) is 0 Å². The van der Waals surface area contributed by atoms with Crippen LogP contribution in [0.3, 0.4) is 0 Å². The molecule has 0 aromatic rings. The zero-order chi connectivity index (χ0) is 9.84. The molecule has 0 saturated heterocycles. The second-order valence-electron chi connectivity index (χ2n) is 4.11. The molecule has 78 valence electrons. The molecule has 13 heavy (non-hydrogen) atoms. The van der Waals surface area contributed by atoms with Crippen LogP contribution in [-0.4, -0.2) is 12.5 Å². The van der Waals surface area contributed by atoms with Crippen molar-refractivity contribution < 1.29 is 8.78 Å². The number of alkyl halides is 2. The van der Waals surface area contributed by atoms with Crippen molar-refractivity contribution in [2.45, 2.75) is 51.5 Å². The Hall–Kier alpha value is -0.180. The van der Waals surface area contributed by atoms with Crippen molar-refractivity contribution >= 4 is 0 Å². The van der Waals surface area contributed by atoms with Crippen molar-refractivity contribution in [3.8, 4) is 0 Å². The lowest BCUT2D eigenvalue weighted by Gasteiger charge is -2.31. The van der Waals surface area contributed by atoms with Gasteiger partial charge in [-0.25, -0.2) is 8.78 Å². The Morgan fingerprint density at radius 1 is 1.38 bits per heavy atom. The molecule has 3 unspecified atom stereocenters. The molecule has 0 spiro atoms. The van der Waals surface area contributed by atoms with Crippen LogP contribution in [-0.2, 0) is 0 Å². The van der Waals surface area contributed by atoms with Gasteiger partial charge in [0.1, 0.15) is 0 Å². The fraction of sp³-hybridized carbons (Fsp3) is 1.00. The normalized spacial score (nSPS) is 32.1. The Labute approximate surface area is 78.7 Å². The summed E-state index contributed by atoms with van der Waals surface area (Å²) in [6.07, 6.45) is 2.82. The van der Waals surface area contributed by atoms with Crippen molar-refractivity contribution in [2.24, 2.45) is 17.6 Å². The van der Waals surface area contributed by atoms with Crippen LogP contribution in [0.2, 0.25) is 0 Å². The minimum atomic E-state index is -2.35. The highest BCUT2D eigenvalue weighted by molar-refractivity contribution is 4.81. The lowest BCUT2D eigenvalue weighted by Crippen LogP contribution is -2.39. The van der Waals surface area contributed by atoms with Gasteiger partial charge >= 0.3 is 0 Å². The van der Waals surface area contributed by atoms with E-state index < -0.39 is 12.5 Å². The average Bonchev–Trinajstić information content (AvgIpc) is 2.16. The Morgan fingerprint density at radius 2 is 2.08 bits per heavy atom. The molecular formula is C10H19F2N. The zero-order valence-electron chi connectivity index (χ0n) is 8.18. The lowest BCUT2D eigenvalue weighted by molar-refractivity contribution is 0.0683. The number of hydrogen-bond acceptors (Lipinski definition) is 1. The SMILES string of the molecule is CCC1CCCC(C(N)C(F)F)C1. The summed E-state index contributed by atoms with van der Waals surface area (Å²) in [5.41, 5.74) is 5.46. The first-order valence-electron chi connectivity index (χ1n) is 5.18. The fourth-order valence-corrected chi connectivity index (χ4v) is 2.26. The van der Waals surface area contributed by atoms with Crippen LogP contribution in [0.5, 0.6) is 0 Å². The van der Waals surface area contributed by atoms with Crippen LogP contribution in [0, 0.1) is 11.8 Å². The number of rotatable bonds is 3. The van der Waals surface area contributed by atoms with E-state index in [0.29, 0.717) is 5.92 Å². The summed E-state index contributed by atoms with van der Waals surface area (Å²) in [6, 6.07) is -0.894. The largest absolute Gasteiger partial charge is 0.323 e. The van der Waals surface area contributed by atoms with E-state index >= 15 is 0 Å². The topological polar surface area (TPSA) is 26.0 Å². The summed E-state index contributed by atoms with van der Waals surface area (Å²) < 4.78 is 24.6. The molecule has 0 aromatic heterocycles. The molecular weight excluding hydrogens is 172 g/mol. The second-order valence-corrected chi connectivity index (χ2v) is 4.11. The molecule has 3 atom stereocenters. The van der Waals surface area contributed by atoms with E-state index in [-0.39, 0.29) is 5.92 Å². The van der Waals surface area contributed by atoms with E-state index in [1.807, 2.05) is 0 Å². The standard InChI is InChI=1S/C10H19F2N/c1-2-7-4-3-5-8(6-7)9(13)10(11)12/h7-10H,2-6,13H2,1H3. The summed E-state index contributed by atoms with van der Waals surface area (Å²) in [5, 5.41) is 0. The van der Waals surface area contributed by atoms with Gasteiger partial charge in [0, 0.05) is 0 Å². The van der Waals surface area contributed by atoms with Crippen molar-refractivity contribution in [1.82, 2.24) is 0 Å². The maximum absolute atomic E-state index is 12.3. The predicted octanol–water partition coefficient (Wildman–Crippen LogP) is 2.80. The van der Waals surface area contributed by atoms with E-state index in [4.69, 9.17) is 5.73 Å². The van der Waals surface area contributed by atoms with Crippen molar-refractivity contribution in [1.29, 1.82) is 0 Å². The Balaban J connectivity index is 2.41. The number of nitrogens with two attached hydrogens (primary N) is 1. The third-order valence-electron chi connectivity index (χ3n) is 3.24. The van der Waals surface area contributed by atoms with E-state index in [2.05, 4.69) is 6.92 Å². The predicted molar refractivity (Wildman–Crippen MR) is 49.7 cm³/mol. The minimum absolute atomic E-state index is 0.0544. The van der Waals surface area contributed by atoms with Gasteiger partial charge in [-0.1, -0.05) is 26.2 Å². The second kappa shape index (κ2) is 4.89. The van der Waals surface area contributed by atoms with E-state index in [1.165, 1.54) is 6.42 Å². The molecule has 1 rings (SSSR count).